The molecular formula is C16H32N2O2S. The third-order valence-corrected chi connectivity index (χ3v) is 4.41. The lowest BCUT2D eigenvalue weighted by atomic mass is 9.98. The van der Waals surface area contributed by atoms with E-state index in [-0.39, 0.29) is 16.4 Å². The van der Waals surface area contributed by atoms with Crippen molar-refractivity contribution in [2.24, 2.45) is 0 Å². The van der Waals surface area contributed by atoms with Crippen LogP contribution in [0.2, 0.25) is 0 Å². The summed E-state index contributed by atoms with van der Waals surface area (Å²) in [7, 11) is 0. The molecule has 124 valence electrons. The van der Waals surface area contributed by atoms with Crippen LogP contribution in [-0.2, 0) is 4.74 Å². The SMILES string of the molecule is CC1(NSC(C)(C)C)CCCCN(C(=O)OC(C)(C)C)C1. The fourth-order valence-corrected chi connectivity index (χ4v) is 2.96. The molecule has 1 aliphatic heterocycles. The molecule has 4 nitrogen and oxygen atoms in total. The van der Waals surface area contributed by atoms with Crippen LogP contribution in [0.15, 0.2) is 0 Å². The van der Waals surface area contributed by atoms with Gasteiger partial charge in [-0.1, -0.05) is 11.9 Å². The topological polar surface area (TPSA) is 41.6 Å². The van der Waals surface area contributed by atoms with Gasteiger partial charge in [-0.25, -0.2) is 4.79 Å². The average Bonchev–Trinajstić information content (AvgIpc) is 2.46. The summed E-state index contributed by atoms with van der Waals surface area (Å²) in [6, 6.07) is 0. The predicted molar refractivity (Wildman–Crippen MR) is 90.5 cm³/mol. The van der Waals surface area contributed by atoms with Crippen LogP contribution in [0, 0.1) is 0 Å². The highest BCUT2D eigenvalue weighted by atomic mass is 32.2. The van der Waals surface area contributed by atoms with Crippen LogP contribution in [0.4, 0.5) is 4.79 Å². The van der Waals surface area contributed by atoms with Crippen LogP contribution in [0.3, 0.4) is 0 Å². The summed E-state index contributed by atoms with van der Waals surface area (Å²) in [6.45, 7) is 16.0. The van der Waals surface area contributed by atoms with Gasteiger partial charge in [-0.3, -0.25) is 4.72 Å². The summed E-state index contributed by atoms with van der Waals surface area (Å²) in [5, 5.41) is 0. The zero-order chi connectivity index (χ0) is 16.3. The van der Waals surface area contributed by atoms with E-state index in [2.05, 4.69) is 32.4 Å². The second-order valence-corrected chi connectivity index (χ2v) is 9.87. The molecule has 1 fully saturated rings. The van der Waals surface area contributed by atoms with E-state index in [1.54, 1.807) is 11.9 Å². The van der Waals surface area contributed by atoms with Crippen molar-refractivity contribution in [2.45, 2.75) is 83.6 Å². The molecule has 0 saturated carbocycles. The maximum Gasteiger partial charge on any atom is 0.410 e. The Bertz CT molecular complexity index is 360. The molecule has 0 aromatic rings. The molecular weight excluding hydrogens is 284 g/mol. The Labute approximate surface area is 134 Å². The lowest BCUT2D eigenvalue weighted by Crippen LogP contribution is -2.51. The van der Waals surface area contributed by atoms with E-state index >= 15 is 0 Å². The Hall–Kier alpha value is -0.420. The second kappa shape index (κ2) is 6.78. The smallest absolute Gasteiger partial charge is 0.410 e. The first kappa shape index (κ1) is 18.6. The van der Waals surface area contributed by atoms with Crippen molar-refractivity contribution in [1.29, 1.82) is 0 Å². The van der Waals surface area contributed by atoms with Crippen LogP contribution < -0.4 is 4.72 Å². The molecule has 0 aromatic heterocycles. The fourth-order valence-electron chi connectivity index (χ4n) is 2.24. The minimum absolute atomic E-state index is 0.0641. The molecule has 1 aliphatic rings. The Kier molecular flexibility index (Phi) is 6.01. The second-order valence-electron chi connectivity index (χ2n) is 8.24. The number of amides is 1. The summed E-state index contributed by atoms with van der Waals surface area (Å²) < 4.78 is 9.28. The molecule has 1 saturated heterocycles. The molecule has 1 rings (SSSR count). The Morgan fingerprint density at radius 3 is 2.33 bits per heavy atom. The average molecular weight is 317 g/mol. The van der Waals surface area contributed by atoms with Gasteiger partial charge in [0.1, 0.15) is 5.60 Å². The van der Waals surface area contributed by atoms with Crippen LogP contribution >= 0.6 is 11.9 Å². The van der Waals surface area contributed by atoms with E-state index in [1.807, 2.05) is 25.7 Å². The maximum absolute atomic E-state index is 12.3. The number of nitrogens with zero attached hydrogens (tertiary/aromatic N) is 1. The van der Waals surface area contributed by atoms with Gasteiger partial charge in [-0.05, 0) is 67.7 Å². The van der Waals surface area contributed by atoms with Gasteiger partial charge in [0, 0.05) is 23.4 Å². The van der Waals surface area contributed by atoms with Gasteiger partial charge >= 0.3 is 6.09 Å². The highest BCUT2D eigenvalue weighted by Gasteiger charge is 2.34. The number of carbonyl (C=O) groups excluding carboxylic acids is 1. The van der Waals surface area contributed by atoms with Gasteiger partial charge in [-0.15, -0.1) is 0 Å². The molecule has 0 bridgehead atoms. The van der Waals surface area contributed by atoms with Crippen molar-refractivity contribution in [2.75, 3.05) is 13.1 Å². The Balaban J connectivity index is 2.69. The summed E-state index contributed by atoms with van der Waals surface area (Å²) in [5.74, 6) is 0. The van der Waals surface area contributed by atoms with E-state index in [1.165, 1.54) is 0 Å². The molecule has 0 spiro atoms. The minimum Gasteiger partial charge on any atom is -0.444 e. The van der Waals surface area contributed by atoms with Gasteiger partial charge in [0.2, 0.25) is 0 Å². The van der Waals surface area contributed by atoms with E-state index in [9.17, 15) is 4.79 Å². The number of carbonyl (C=O) groups is 1. The molecule has 0 aromatic carbocycles. The summed E-state index contributed by atoms with van der Waals surface area (Å²) >= 11 is 1.75. The fraction of sp³-hybridized carbons (Fsp3) is 0.938. The zero-order valence-electron chi connectivity index (χ0n) is 14.7. The van der Waals surface area contributed by atoms with Gasteiger partial charge < -0.3 is 9.64 Å². The van der Waals surface area contributed by atoms with Crippen molar-refractivity contribution in [3.8, 4) is 0 Å². The Morgan fingerprint density at radius 1 is 1.19 bits per heavy atom. The normalized spacial score (nSPS) is 24.6. The van der Waals surface area contributed by atoms with Gasteiger partial charge in [0.25, 0.3) is 0 Å². The lowest BCUT2D eigenvalue weighted by molar-refractivity contribution is 0.0223. The van der Waals surface area contributed by atoms with E-state index in [0.717, 1.165) is 25.8 Å². The molecule has 1 amide bonds. The highest BCUT2D eigenvalue weighted by molar-refractivity contribution is 7.98. The van der Waals surface area contributed by atoms with Crippen molar-refractivity contribution in [3.05, 3.63) is 0 Å². The van der Waals surface area contributed by atoms with Crippen molar-refractivity contribution < 1.29 is 9.53 Å². The molecule has 0 aliphatic carbocycles. The first-order chi connectivity index (χ1) is 9.40. The molecule has 1 N–H and O–H groups in total. The van der Waals surface area contributed by atoms with Gasteiger partial charge in [0.05, 0.1) is 0 Å². The molecule has 21 heavy (non-hydrogen) atoms. The highest BCUT2D eigenvalue weighted by Crippen LogP contribution is 2.28. The molecule has 1 heterocycles. The van der Waals surface area contributed by atoms with Crippen molar-refractivity contribution >= 4 is 18.0 Å². The number of ether oxygens (including phenoxy) is 1. The first-order valence-corrected chi connectivity index (χ1v) is 8.65. The van der Waals surface area contributed by atoms with Crippen LogP contribution in [0.1, 0.15) is 67.7 Å². The summed E-state index contributed by atoms with van der Waals surface area (Å²) in [4.78, 5) is 14.2. The third-order valence-electron chi connectivity index (χ3n) is 3.20. The number of likely N-dealkylation sites (tertiary alicyclic amines) is 1. The standard InChI is InChI=1S/C16H32N2O2S/c1-14(2,3)20-13(19)18-11-9-8-10-16(7,12-18)17-21-15(4,5)6/h17H,8-12H2,1-7H3. The van der Waals surface area contributed by atoms with Crippen molar-refractivity contribution in [1.82, 2.24) is 9.62 Å². The molecule has 1 atom stereocenters. The third kappa shape index (κ3) is 7.41. The maximum atomic E-state index is 12.3. The summed E-state index contributed by atoms with van der Waals surface area (Å²) in [6.07, 6.45) is 3.05. The van der Waals surface area contributed by atoms with Crippen LogP contribution in [0.25, 0.3) is 0 Å². The molecule has 1 unspecified atom stereocenters. The minimum atomic E-state index is -0.437. The van der Waals surface area contributed by atoms with E-state index in [4.69, 9.17) is 4.74 Å². The molecule has 0 radical (unpaired) electrons. The monoisotopic (exact) mass is 316 g/mol. The van der Waals surface area contributed by atoms with Crippen molar-refractivity contribution in [3.63, 3.8) is 0 Å². The van der Waals surface area contributed by atoms with Gasteiger partial charge in [0.15, 0.2) is 0 Å². The number of hydrogen-bond donors (Lipinski definition) is 1. The predicted octanol–water partition coefficient (Wildman–Crippen LogP) is 4.20. The van der Waals surface area contributed by atoms with Gasteiger partial charge in [-0.2, -0.15) is 0 Å². The van der Waals surface area contributed by atoms with E-state index in [0.29, 0.717) is 6.54 Å². The molecule has 5 heteroatoms. The summed E-state index contributed by atoms with van der Waals surface area (Å²) in [5.41, 5.74) is -0.501. The Morgan fingerprint density at radius 2 is 1.81 bits per heavy atom. The number of nitrogens with one attached hydrogen (secondary N) is 1. The largest absolute Gasteiger partial charge is 0.444 e. The zero-order valence-corrected chi connectivity index (χ0v) is 15.5. The van der Waals surface area contributed by atoms with Crippen LogP contribution in [0.5, 0.6) is 0 Å². The van der Waals surface area contributed by atoms with E-state index < -0.39 is 5.60 Å². The quantitative estimate of drug-likeness (QED) is 0.775. The first-order valence-electron chi connectivity index (χ1n) is 7.83. The number of hydrogen-bond acceptors (Lipinski definition) is 4. The lowest BCUT2D eigenvalue weighted by Gasteiger charge is -2.36. The number of rotatable bonds is 2. The van der Waals surface area contributed by atoms with Crippen LogP contribution in [-0.4, -0.2) is 40.0 Å².